The van der Waals surface area contributed by atoms with E-state index in [4.69, 9.17) is 4.52 Å². The zero-order valence-corrected chi connectivity index (χ0v) is 21.5. The Morgan fingerprint density at radius 1 is 0.475 bits per heavy atom. The van der Waals surface area contributed by atoms with E-state index in [9.17, 15) is 0 Å². The first-order chi connectivity index (χ1) is 19.8. The molecule has 4 heteroatoms. The molecule has 0 saturated heterocycles. The molecule has 0 spiro atoms. The fourth-order valence-corrected chi connectivity index (χ4v) is 5.60. The molecular formula is C36H23N3O. The molecule has 0 aliphatic carbocycles. The third-order valence-electron chi connectivity index (χ3n) is 7.59. The van der Waals surface area contributed by atoms with Crippen LogP contribution in [0.15, 0.2) is 144 Å². The second kappa shape index (κ2) is 9.07. The van der Waals surface area contributed by atoms with Crippen molar-refractivity contribution in [2.24, 2.45) is 0 Å². The minimum Gasteiger partial charge on any atom is -0.334 e. The topological polar surface area (TPSA) is 43.9 Å². The van der Waals surface area contributed by atoms with Gasteiger partial charge in [-0.1, -0.05) is 96.2 Å². The molecule has 0 aliphatic heterocycles. The number of hydrogen-bond donors (Lipinski definition) is 0. The Bertz CT molecular complexity index is 2160. The van der Waals surface area contributed by atoms with Crippen molar-refractivity contribution in [1.29, 1.82) is 0 Å². The largest absolute Gasteiger partial charge is 0.334 e. The fraction of sp³-hybridized carbons (Fsp3) is 0. The average molecular weight is 514 g/mol. The fourth-order valence-electron chi connectivity index (χ4n) is 5.60. The SMILES string of the molecule is c1ccc(-c2noc(-c3ccc(-n4c5ccccc5c5cc(-c6ccc7ccccc7c6)ccc54)cc3)n2)cc1. The third-order valence-corrected chi connectivity index (χ3v) is 7.59. The number of benzene rings is 6. The smallest absolute Gasteiger partial charge is 0.258 e. The number of fused-ring (bicyclic) bond motifs is 4. The van der Waals surface area contributed by atoms with Gasteiger partial charge in [0.25, 0.3) is 5.89 Å². The summed E-state index contributed by atoms with van der Waals surface area (Å²) in [7, 11) is 0. The summed E-state index contributed by atoms with van der Waals surface area (Å²) in [6, 6.07) is 48.7. The van der Waals surface area contributed by atoms with E-state index in [1.807, 2.05) is 42.5 Å². The molecule has 0 radical (unpaired) electrons. The Labute approximate surface area is 230 Å². The quantitative estimate of drug-likeness (QED) is 0.235. The minimum atomic E-state index is 0.507. The second-order valence-electron chi connectivity index (χ2n) is 9.98. The van der Waals surface area contributed by atoms with Gasteiger partial charge in [0.05, 0.1) is 11.0 Å². The number of nitrogens with zero attached hydrogens (tertiary/aromatic N) is 3. The zero-order chi connectivity index (χ0) is 26.5. The van der Waals surface area contributed by atoms with Crippen LogP contribution in [0.4, 0.5) is 0 Å². The number of aromatic nitrogens is 3. The van der Waals surface area contributed by atoms with E-state index in [0.29, 0.717) is 11.7 Å². The summed E-state index contributed by atoms with van der Waals surface area (Å²) < 4.78 is 7.91. The predicted molar refractivity (Wildman–Crippen MR) is 162 cm³/mol. The first-order valence-corrected chi connectivity index (χ1v) is 13.3. The predicted octanol–water partition coefficient (Wildman–Crippen LogP) is 9.32. The van der Waals surface area contributed by atoms with Gasteiger partial charge >= 0.3 is 0 Å². The van der Waals surface area contributed by atoms with Gasteiger partial charge in [0, 0.05) is 27.6 Å². The van der Waals surface area contributed by atoms with Gasteiger partial charge in [0.2, 0.25) is 5.82 Å². The van der Waals surface area contributed by atoms with Crippen molar-refractivity contribution in [3.05, 3.63) is 140 Å². The summed E-state index contributed by atoms with van der Waals surface area (Å²) in [5, 5.41) is 9.14. The molecule has 2 heterocycles. The molecule has 0 saturated carbocycles. The lowest BCUT2D eigenvalue weighted by Gasteiger charge is -2.09. The van der Waals surface area contributed by atoms with Gasteiger partial charge in [-0.25, -0.2) is 0 Å². The first kappa shape index (κ1) is 22.5. The Kier molecular flexibility index (Phi) is 5.10. The lowest BCUT2D eigenvalue weighted by molar-refractivity contribution is 0.432. The summed E-state index contributed by atoms with van der Waals surface area (Å²) >= 11 is 0. The van der Waals surface area contributed by atoms with Crippen molar-refractivity contribution in [2.45, 2.75) is 0 Å². The maximum atomic E-state index is 5.59. The van der Waals surface area contributed by atoms with E-state index in [1.165, 1.54) is 43.7 Å². The molecule has 8 aromatic rings. The van der Waals surface area contributed by atoms with Gasteiger partial charge in [-0.15, -0.1) is 0 Å². The van der Waals surface area contributed by atoms with Crippen LogP contribution in [0.1, 0.15) is 0 Å². The van der Waals surface area contributed by atoms with E-state index in [-0.39, 0.29) is 0 Å². The molecule has 0 amide bonds. The van der Waals surface area contributed by atoms with Gasteiger partial charge in [0.15, 0.2) is 0 Å². The highest BCUT2D eigenvalue weighted by Gasteiger charge is 2.15. The lowest BCUT2D eigenvalue weighted by atomic mass is 9.99. The average Bonchev–Trinajstić information content (AvgIpc) is 3.65. The highest BCUT2D eigenvalue weighted by atomic mass is 16.5. The van der Waals surface area contributed by atoms with E-state index >= 15 is 0 Å². The molecule has 0 N–H and O–H groups in total. The molecule has 40 heavy (non-hydrogen) atoms. The Morgan fingerprint density at radius 3 is 2.02 bits per heavy atom. The summed E-state index contributed by atoms with van der Waals surface area (Å²) in [6.45, 7) is 0. The van der Waals surface area contributed by atoms with E-state index in [0.717, 1.165) is 16.8 Å². The van der Waals surface area contributed by atoms with Crippen LogP contribution < -0.4 is 0 Å². The van der Waals surface area contributed by atoms with Crippen molar-refractivity contribution in [3.8, 4) is 39.7 Å². The van der Waals surface area contributed by atoms with Crippen molar-refractivity contribution in [1.82, 2.24) is 14.7 Å². The van der Waals surface area contributed by atoms with Crippen molar-refractivity contribution in [2.75, 3.05) is 0 Å². The van der Waals surface area contributed by atoms with Gasteiger partial charge in [-0.05, 0) is 70.4 Å². The molecule has 2 aromatic heterocycles. The minimum absolute atomic E-state index is 0.507. The van der Waals surface area contributed by atoms with Gasteiger partial charge in [0.1, 0.15) is 0 Å². The summed E-state index contributed by atoms with van der Waals surface area (Å²) in [4.78, 5) is 4.62. The molecule has 8 rings (SSSR count). The van der Waals surface area contributed by atoms with Gasteiger partial charge < -0.3 is 9.09 Å². The monoisotopic (exact) mass is 513 g/mol. The normalized spacial score (nSPS) is 11.5. The molecule has 0 atom stereocenters. The molecule has 0 bridgehead atoms. The molecule has 6 aromatic carbocycles. The number of para-hydroxylation sites is 1. The van der Waals surface area contributed by atoms with Crippen LogP contribution in [0.25, 0.3) is 72.2 Å². The zero-order valence-electron chi connectivity index (χ0n) is 21.5. The molecular weight excluding hydrogens is 490 g/mol. The maximum absolute atomic E-state index is 5.59. The van der Waals surface area contributed by atoms with Crippen LogP contribution in [-0.2, 0) is 0 Å². The van der Waals surface area contributed by atoms with Crippen LogP contribution in [-0.4, -0.2) is 14.7 Å². The third kappa shape index (κ3) is 3.69. The molecule has 188 valence electrons. The standard InChI is InChI=1S/C36H23N3O/c1-2-9-25(10-3-1)35-37-36(40-38-35)26-16-19-30(20-17-26)39-33-13-7-6-12-31(33)32-23-29(18-21-34(32)39)28-15-14-24-8-4-5-11-27(24)22-28/h1-23H. The Hall–Kier alpha value is -5.48. The van der Waals surface area contributed by atoms with E-state index in [2.05, 4.69) is 112 Å². The van der Waals surface area contributed by atoms with Gasteiger partial charge in [-0.2, -0.15) is 4.98 Å². The summed E-state index contributed by atoms with van der Waals surface area (Å²) in [6.07, 6.45) is 0. The Morgan fingerprint density at radius 2 is 1.15 bits per heavy atom. The first-order valence-electron chi connectivity index (χ1n) is 13.3. The van der Waals surface area contributed by atoms with Crippen LogP contribution in [0.5, 0.6) is 0 Å². The molecule has 0 aliphatic rings. The molecule has 0 unspecified atom stereocenters. The molecule has 0 fully saturated rings. The van der Waals surface area contributed by atoms with Crippen molar-refractivity contribution >= 4 is 32.6 Å². The summed E-state index contributed by atoms with van der Waals surface area (Å²) in [5.41, 5.74) is 7.67. The lowest BCUT2D eigenvalue weighted by Crippen LogP contribution is -1.93. The second-order valence-corrected chi connectivity index (χ2v) is 9.98. The van der Waals surface area contributed by atoms with Gasteiger partial charge in [-0.3, -0.25) is 0 Å². The van der Waals surface area contributed by atoms with E-state index in [1.54, 1.807) is 0 Å². The van der Waals surface area contributed by atoms with Crippen LogP contribution in [0.3, 0.4) is 0 Å². The Balaban J connectivity index is 1.21. The van der Waals surface area contributed by atoms with Crippen LogP contribution in [0.2, 0.25) is 0 Å². The van der Waals surface area contributed by atoms with Crippen LogP contribution >= 0.6 is 0 Å². The highest BCUT2D eigenvalue weighted by molar-refractivity contribution is 6.10. The van der Waals surface area contributed by atoms with Crippen molar-refractivity contribution in [3.63, 3.8) is 0 Å². The number of rotatable bonds is 4. The van der Waals surface area contributed by atoms with Crippen LogP contribution in [0, 0.1) is 0 Å². The van der Waals surface area contributed by atoms with E-state index < -0.39 is 0 Å². The highest BCUT2D eigenvalue weighted by Crippen LogP contribution is 2.36. The summed E-state index contributed by atoms with van der Waals surface area (Å²) in [5.74, 6) is 1.09. The number of hydrogen-bond acceptors (Lipinski definition) is 3. The van der Waals surface area contributed by atoms with Crippen molar-refractivity contribution < 1.29 is 4.52 Å². The maximum Gasteiger partial charge on any atom is 0.258 e. The molecule has 4 nitrogen and oxygen atoms in total.